The van der Waals surface area contributed by atoms with Crippen LogP contribution in [0.4, 0.5) is 0 Å². The topological polar surface area (TPSA) is 21.3 Å². The van der Waals surface area contributed by atoms with Crippen LogP contribution in [-0.2, 0) is 0 Å². The number of benzene rings is 2. The molecule has 2 nitrogen and oxygen atoms in total. The Labute approximate surface area is 131 Å². The van der Waals surface area contributed by atoms with E-state index < -0.39 is 0 Å². The minimum absolute atomic E-state index is 0.128. The molecule has 0 saturated carbocycles. The van der Waals surface area contributed by atoms with Crippen molar-refractivity contribution in [1.29, 1.82) is 0 Å². The van der Waals surface area contributed by atoms with Crippen LogP contribution >= 0.6 is 11.8 Å². The summed E-state index contributed by atoms with van der Waals surface area (Å²) in [6.45, 7) is 4.23. The van der Waals surface area contributed by atoms with Gasteiger partial charge in [-0.3, -0.25) is 0 Å². The zero-order valence-corrected chi connectivity index (χ0v) is 14.2. The van der Waals surface area contributed by atoms with Gasteiger partial charge in [0.1, 0.15) is 5.75 Å². The Morgan fingerprint density at radius 3 is 2.38 bits per heavy atom. The summed E-state index contributed by atoms with van der Waals surface area (Å²) >= 11 is 1.77. The molecule has 2 aromatic carbocycles. The van der Waals surface area contributed by atoms with Gasteiger partial charge in [-0.15, -0.1) is 11.8 Å². The van der Waals surface area contributed by atoms with E-state index in [0.717, 1.165) is 5.75 Å². The van der Waals surface area contributed by atoms with Crippen molar-refractivity contribution in [3.05, 3.63) is 58.7 Å². The second kappa shape index (κ2) is 7.01. The van der Waals surface area contributed by atoms with E-state index in [9.17, 15) is 0 Å². The molecule has 21 heavy (non-hydrogen) atoms. The molecular weight excluding hydrogens is 278 g/mol. The fourth-order valence-corrected chi connectivity index (χ4v) is 3.33. The number of hydrogen-bond acceptors (Lipinski definition) is 3. The highest BCUT2D eigenvalue weighted by molar-refractivity contribution is 7.98. The molecule has 3 heteroatoms. The highest BCUT2D eigenvalue weighted by atomic mass is 32.2. The Hall–Kier alpha value is -1.45. The molecule has 0 aliphatic carbocycles. The number of rotatable bonds is 5. The molecule has 1 N–H and O–H groups in total. The van der Waals surface area contributed by atoms with Gasteiger partial charge in [0, 0.05) is 10.5 Å². The molecule has 2 aromatic rings. The lowest BCUT2D eigenvalue weighted by Crippen LogP contribution is -2.19. The highest BCUT2D eigenvalue weighted by Gasteiger charge is 2.20. The van der Waals surface area contributed by atoms with Gasteiger partial charge in [0.15, 0.2) is 0 Å². The van der Waals surface area contributed by atoms with Crippen molar-refractivity contribution in [1.82, 2.24) is 5.32 Å². The van der Waals surface area contributed by atoms with Crippen LogP contribution in [0.3, 0.4) is 0 Å². The summed E-state index contributed by atoms with van der Waals surface area (Å²) in [5.41, 5.74) is 4.93. The molecule has 0 fully saturated rings. The third-order valence-electron chi connectivity index (χ3n) is 3.96. The van der Waals surface area contributed by atoms with Crippen LogP contribution in [0.15, 0.2) is 41.3 Å². The molecule has 0 saturated heterocycles. The van der Waals surface area contributed by atoms with Gasteiger partial charge in [-0.1, -0.05) is 30.3 Å². The van der Waals surface area contributed by atoms with Crippen molar-refractivity contribution in [2.45, 2.75) is 24.8 Å². The first-order valence-corrected chi connectivity index (χ1v) is 8.30. The van der Waals surface area contributed by atoms with Crippen LogP contribution in [0, 0.1) is 13.8 Å². The maximum atomic E-state index is 5.69. The summed E-state index contributed by atoms with van der Waals surface area (Å²) in [5.74, 6) is 0.977. The van der Waals surface area contributed by atoms with E-state index in [1.165, 1.54) is 27.1 Å². The standard InChI is InChI=1S/C18H23NOS/c1-12-10-11-15(18(20-4)13(12)2)17(19-3)14-8-6-7-9-16(14)21-5/h6-11,17,19H,1-5H3. The van der Waals surface area contributed by atoms with Crippen LogP contribution in [0.25, 0.3) is 0 Å². The summed E-state index contributed by atoms with van der Waals surface area (Å²) in [6.07, 6.45) is 2.11. The molecular formula is C18H23NOS. The van der Waals surface area contributed by atoms with Crippen LogP contribution in [-0.4, -0.2) is 20.4 Å². The summed E-state index contributed by atoms with van der Waals surface area (Å²) in [5, 5.41) is 3.44. The second-order valence-electron chi connectivity index (χ2n) is 5.09. The van der Waals surface area contributed by atoms with E-state index in [1.54, 1.807) is 18.9 Å². The number of nitrogens with one attached hydrogen (secondary N) is 1. The normalized spacial score (nSPS) is 12.2. The van der Waals surface area contributed by atoms with Gasteiger partial charge in [0.2, 0.25) is 0 Å². The molecule has 0 aliphatic heterocycles. The lowest BCUT2D eigenvalue weighted by molar-refractivity contribution is 0.401. The van der Waals surface area contributed by atoms with Gasteiger partial charge in [0.25, 0.3) is 0 Å². The SMILES string of the molecule is CNC(c1ccccc1SC)c1ccc(C)c(C)c1OC. The van der Waals surface area contributed by atoms with E-state index in [0.29, 0.717) is 0 Å². The summed E-state index contributed by atoms with van der Waals surface area (Å²) in [6, 6.07) is 13.0. The maximum Gasteiger partial charge on any atom is 0.127 e. The van der Waals surface area contributed by atoms with Gasteiger partial charge >= 0.3 is 0 Å². The summed E-state index contributed by atoms with van der Waals surface area (Å²) < 4.78 is 5.69. The number of methoxy groups -OCH3 is 1. The lowest BCUT2D eigenvalue weighted by atomic mass is 9.94. The van der Waals surface area contributed by atoms with Crippen molar-refractivity contribution in [3.8, 4) is 5.75 Å². The third kappa shape index (κ3) is 3.09. The monoisotopic (exact) mass is 301 g/mol. The van der Waals surface area contributed by atoms with E-state index in [2.05, 4.69) is 61.8 Å². The van der Waals surface area contributed by atoms with Crippen molar-refractivity contribution < 1.29 is 4.74 Å². The van der Waals surface area contributed by atoms with Crippen molar-refractivity contribution in [2.24, 2.45) is 0 Å². The molecule has 1 atom stereocenters. The van der Waals surface area contributed by atoms with E-state index in [-0.39, 0.29) is 6.04 Å². The minimum Gasteiger partial charge on any atom is -0.496 e. The molecule has 0 spiro atoms. The molecule has 0 heterocycles. The van der Waals surface area contributed by atoms with Gasteiger partial charge in [0.05, 0.1) is 13.2 Å². The van der Waals surface area contributed by atoms with Gasteiger partial charge < -0.3 is 10.1 Å². The predicted molar refractivity (Wildman–Crippen MR) is 91.6 cm³/mol. The first kappa shape index (κ1) is 15.9. The van der Waals surface area contributed by atoms with Crippen LogP contribution < -0.4 is 10.1 Å². The highest BCUT2D eigenvalue weighted by Crippen LogP contribution is 2.36. The number of hydrogen-bond donors (Lipinski definition) is 1. The average molecular weight is 301 g/mol. The zero-order valence-electron chi connectivity index (χ0n) is 13.4. The fraction of sp³-hybridized carbons (Fsp3) is 0.333. The predicted octanol–water partition coefficient (Wildman–Crippen LogP) is 4.34. The first-order valence-electron chi connectivity index (χ1n) is 7.08. The Morgan fingerprint density at radius 1 is 1.05 bits per heavy atom. The molecule has 2 rings (SSSR count). The summed E-state index contributed by atoms with van der Waals surface area (Å²) in [7, 11) is 3.74. The largest absolute Gasteiger partial charge is 0.496 e. The smallest absolute Gasteiger partial charge is 0.127 e. The van der Waals surface area contributed by atoms with E-state index >= 15 is 0 Å². The van der Waals surface area contributed by atoms with Gasteiger partial charge in [-0.2, -0.15) is 0 Å². The number of ether oxygens (including phenoxy) is 1. The Bertz CT molecular complexity index is 625. The maximum absolute atomic E-state index is 5.69. The Balaban J connectivity index is 2.59. The molecule has 1 unspecified atom stereocenters. The molecule has 112 valence electrons. The molecule has 0 radical (unpaired) electrons. The van der Waals surface area contributed by atoms with E-state index in [4.69, 9.17) is 4.74 Å². The number of aryl methyl sites for hydroxylation is 1. The Morgan fingerprint density at radius 2 is 1.76 bits per heavy atom. The molecule has 0 aromatic heterocycles. The molecule has 0 amide bonds. The number of thioether (sulfide) groups is 1. The van der Waals surface area contributed by atoms with Crippen LogP contribution in [0.1, 0.15) is 28.3 Å². The minimum atomic E-state index is 0.128. The Kier molecular flexibility index (Phi) is 5.32. The molecule has 0 aliphatic rings. The van der Waals surface area contributed by atoms with Gasteiger partial charge in [-0.05, 0) is 49.9 Å². The van der Waals surface area contributed by atoms with Crippen molar-refractivity contribution >= 4 is 11.8 Å². The van der Waals surface area contributed by atoms with Crippen LogP contribution in [0.5, 0.6) is 5.75 Å². The first-order chi connectivity index (χ1) is 10.1. The fourth-order valence-electron chi connectivity index (χ4n) is 2.69. The third-order valence-corrected chi connectivity index (χ3v) is 4.77. The lowest BCUT2D eigenvalue weighted by Gasteiger charge is -2.23. The van der Waals surface area contributed by atoms with Crippen LogP contribution in [0.2, 0.25) is 0 Å². The quantitative estimate of drug-likeness (QED) is 0.830. The van der Waals surface area contributed by atoms with Crippen molar-refractivity contribution in [3.63, 3.8) is 0 Å². The van der Waals surface area contributed by atoms with Crippen molar-refractivity contribution in [2.75, 3.05) is 20.4 Å². The summed E-state index contributed by atoms with van der Waals surface area (Å²) in [4.78, 5) is 1.29. The van der Waals surface area contributed by atoms with Gasteiger partial charge in [-0.25, -0.2) is 0 Å². The second-order valence-corrected chi connectivity index (χ2v) is 5.94. The molecule has 0 bridgehead atoms. The zero-order chi connectivity index (χ0) is 15.4. The van der Waals surface area contributed by atoms with E-state index in [1.807, 2.05) is 7.05 Å². The average Bonchev–Trinajstić information content (AvgIpc) is 2.52.